The van der Waals surface area contributed by atoms with Gasteiger partial charge in [-0.2, -0.15) is 0 Å². The summed E-state index contributed by atoms with van der Waals surface area (Å²) in [5, 5.41) is 0. The molecule has 3 aliphatic heterocycles. The first-order valence-corrected chi connectivity index (χ1v) is 9.00. The zero-order chi connectivity index (χ0) is 13.7. The maximum absolute atomic E-state index is 12.3. The van der Waals surface area contributed by atoms with Crippen molar-refractivity contribution in [3.63, 3.8) is 0 Å². The molecule has 0 aromatic heterocycles. The van der Waals surface area contributed by atoms with Crippen molar-refractivity contribution in [2.75, 3.05) is 51.3 Å². The van der Waals surface area contributed by atoms with Crippen molar-refractivity contribution in [3.05, 3.63) is 0 Å². The lowest BCUT2D eigenvalue weighted by Gasteiger charge is -2.48. The molecule has 0 atom stereocenters. The first-order valence-electron chi connectivity index (χ1n) is 7.18. The smallest absolute Gasteiger partial charge is 0.229 e. The first-order chi connectivity index (χ1) is 8.87. The highest BCUT2D eigenvalue weighted by Crippen LogP contribution is 2.43. The maximum Gasteiger partial charge on any atom is 0.229 e. The van der Waals surface area contributed by atoms with Crippen molar-refractivity contribution in [1.82, 2.24) is 4.90 Å². The Labute approximate surface area is 127 Å². The predicted octanol–water partition coefficient (Wildman–Crippen LogP) is -3.12. The minimum atomic E-state index is -2.80. The molecule has 0 aliphatic carbocycles. The average molecular weight is 323 g/mol. The number of nitrogens with zero attached hydrogens (tertiary/aromatic N) is 2. The summed E-state index contributed by atoms with van der Waals surface area (Å²) < 4.78 is 24.0. The standard InChI is InChI=1S/C13H23N2O3S.ClH/c1-14-5-2-13(12(14)16)3-6-15(7-4-13)8-10-19(17,18)11-9-15;/h2-11H2,1H3;1H/q+1;/p-1. The molecule has 3 heterocycles. The van der Waals surface area contributed by atoms with Gasteiger partial charge in [0.05, 0.1) is 43.1 Å². The fourth-order valence-electron chi connectivity index (χ4n) is 3.92. The van der Waals surface area contributed by atoms with E-state index in [9.17, 15) is 13.2 Å². The van der Waals surface area contributed by atoms with Gasteiger partial charge in [-0.25, -0.2) is 8.42 Å². The Morgan fingerprint density at radius 2 is 1.60 bits per heavy atom. The Morgan fingerprint density at radius 3 is 2.05 bits per heavy atom. The Morgan fingerprint density at radius 1 is 1.05 bits per heavy atom. The van der Waals surface area contributed by atoms with Crippen LogP contribution in [-0.2, 0) is 14.6 Å². The van der Waals surface area contributed by atoms with Crippen LogP contribution in [0.5, 0.6) is 0 Å². The number of hydrogen-bond donors (Lipinski definition) is 0. The molecule has 0 saturated carbocycles. The van der Waals surface area contributed by atoms with Gasteiger partial charge in [-0.05, 0) is 6.42 Å². The van der Waals surface area contributed by atoms with Gasteiger partial charge in [0.2, 0.25) is 5.91 Å². The van der Waals surface area contributed by atoms with Crippen LogP contribution in [0.4, 0.5) is 0 Å². The van der Waals surface area contributed by atoms with E-state index in [-0.39, 0.29) is 17.8 Å². The molecule has 0 unspecified atom stereocenters. The van der Waals surface area contributed by atoms with Gasteiger partial charge >= 0.3 is 0 Å². The molecule has 3 saturated heterocycles. The molecule has 20 heavy (non-hydrogen) atoms. The minimum Gasteiger partial charge on any atom is -1.00 e. The molecule has 116 valence electrons. The van der Waals surface area contributed by atoms with E-state index in [0.717, 1.165) is 56.5 Å². The first kappa shape index (κ1) is 16.0. The number of sulfone groups is 1. The van der Waals surface area contributed by atoms with Crippen molar-refractivity contribution in [2.24, 2.45) is 5.41 Å². The number of piperidine rings is 1. The fraction of sp³-hybridized carbons (Fsp3) is 0.923. The molecular weight excluding hydrogens is 300 g/mol. The summed E-state index contributed by atoms with van der Waals surface area (Å²) >= 11 is 0. The highest BCUT2D eigenvalue weighted by Gasteiger charge is 2.52. The van der Waals surface area contributed by atoms with E-state index in [4.69, 9.17) is 0 Å². The monoisotopic (exact) mass is 322 g/mol. The third-order valence-electron chi connectivity index (χ3n) is 5.61. The van der Waals surface area contributed by atoms with Crippen molar-refractivity contribution in [1.29, 1.82) is 0 Å². The fourth-order valence-corrected chi connectivity index (χ4v) is 5.46. The second kappa shape index (κ2) is 5.14. The molecule has 2 spiro atoms. The third-order valence-corrected chi connectivity index (χ3v) is 7.22. The van der Waals surface area contributed by atoms with Crippen LogP contribution in [0.3, 0.4) is 0 Å². The quantitative estimate of drug-likeness (QED) is 0.443. The van der Waals surface area contributed by atoms with Gasteiger partial charge in [0.25, 0.3) is 0 Å². The van der Waals surface area contributed by atoms with Gasteiger partial charge in [-0.15, -0.1) is 0 Å². The van der Waals surface area contributed by atoms with Crippen LogP contribution in [0, 0.1) is 5.41 Å². The van der Waals surface area contributed by atoms with Crippen molar-refractivity contribution in [2.45, 2.75) is 19.3 Å². The summed E-state index contributed by atoms with van der Waals surface area (Å²) in [5.74, 6) is 0.969. The second-order valence-corrected chi connectivity index (χ2v) is 8.95. The molecule has 7 heteroatoms. The number of hydrogen-bond acceptors (Lipinski definition) is 3. The Bertz CT molecular complexity index is 482. The summed E-state index contributed by atoms with van der Waals surface area (Å²) in [6.45, 7) is 4.35. The van der Waals surface area contributed by atoms with Crippen LogP contribution >= 0.6 is 0 Å². The van der Waals surface area contributed by atoms with E-state index >= 15 is 0 Å². The Kier molecular flexibility index (Phi) is 4.13. The summed E-state index contributed by atoms with van der Waals surface area (Å²) in [4.78, 5) is 14.1. The summed E-state index contributed by atoms with van der Waals surface area (Å²) in [5.41, 5.74) is -0.116. The lowest BCUT2D eigenvalue weighted by Crippen LogP contribution is -3.00. The highest BCUT2D eigenvalue weighted by molar-refractivity contribution is 7.91. The molecule has 0 N–H and O–H groups in total. The van der Waals surface area contributed by atoms with Crippen molar-refractivity contribution < 1.29 is 30.1 Å². The van der Waals surface area contributed by atoms with Crippen LogP contribution in [0.15, 0.2) is 0 Å². The number of quaternary nitrogens is 1. The molecule has 0 bridgehead atoms. The number of carbonyl (C=O) groups excluding carboxylic acids is 1. The summed E-state index contributed by atoms with van der Waals surface area (Å²) in [6, 6.07) is 0. The van der Waals surface area contributed by atoms with Gasteiger partial charge in [0.1, 0.15) is 0 Å². The number of carbonyl (C=O) groups is 1. The topological polar surface area (TPSA) is 54.5 Å². The molecule has 1 amide bonds. The summed E-state index contributed by atoms with van der Waals surface area (Å²) in [6.07, 6.45) is 2.87. The number of rotatable bonds is 0. The van der Waals surface area contributed by atoms with Crippen LogP contribution in [-0.4, -0.2) is 75.0 Å². The third kappa shape index (κ3) is 2.57. The van der Waals surface area contributed by atoms with Crippen LogP contribution in [0.25, 0.3) is 0 Å². The van der Waals surface area contributed by atoms with Crippen LogP contribution in [0.2, 0.25) is 0 Å². The summed E-state index contributed by atoms with van der Waals surface area (Å²) in [7, 11) is -0.904. The van der Waals surface area contributed by atoms with E-state index in [1.54, 1.807) is 0 Å². The van der Waals surface area contributed by atoms with Crippen LogP contribution in [0.1, 0.15) is 19.3 Å². The lowest BCUT2D eigenvalue weighted by molar-refractivity contribution is -0.931. The predicted molar refractivity (Wildman–Crippen MR) is 72.3 cm³/mol. The number of likely N-dealkylation sites (tertiary alicyclic amines) is 1. The molecular formula is C13H23ClN2O3S. The molecule has 3 aliphatic rings. The van der Waals surface area contributed by atoms with Gasteiger partial charge in [-0.3, -0.25) is 4.79 Å². The van der Waals surface area contributed by atoms with E-state index in [0.29, 0.717) is 17.4 Å². The number of halogens is 1. The van der Waals surface area contributed by atoms with Gasteiger partial charge in [-0.1, -0.05) is 0 Å². The van der Waals surface area contributed by atoms with Gasteiger partial charge in [0.15, 0.2) is 9.84 Å². The normalized spacial score (nSPS) is 30.4. The molecule has 0 aromatic carbocycles. The molecule has 3 fully saturated rings. The van der Waals surface area contributed by atoms with Gasteiger partial charge < -0.3 is 21.8 Å². The van der Waals surface area contributed by atoms with E-state index in [1.165, 1.54) is 0 Å². The molecule has 3 rings (SSSR count). The molecule has 0 aromatic rings. The van der Waals surface area contributed by atoms with Crippen molar-refractivity contribution in [3.8, 4) is 0 Å². The second-order valence-electron chi connectivity index (χ2n) is 6.64. The Hall–Kier alpha value is -0.330. The van der Waals surface area contributed by atoms with E-state index in [1.807, 2.05) is 11.9 Å². The zero-order valence-electron chi connectivity index (χ0n) is 12.0. The highest BCUT2D eigenvalue weighted by atomic mass is 35.5. The lowest BCUT2D eigenvalue weighted by atomic mass is 9.76. The largest absolute Gasteiger partial charge is 1.00 e. The minimum absolute atomic E-state index is 0. The van der Waals surface area contributed by atoms with E-state index < -0.39 is 9.84 Å². The van der Waals surface area contributed by atoms with Crippen molar-refractivity contribution >= 4 is 15.7 Å². The molecule has 0 radical (unpaired) electrons. The zero-order valence-corrected chi connectivity index (χ0v) is 13.5. The Balaban J connectivity index is 0.00000147. The van der Waals surface area contributed by atoms with Crippen LogP contribution < -0.4 is 12.4 Å². The molecule has 5 nitrogen and oxygen atoms in total. The maximum atomic E-state index is 12.3. The average Bonchev–Trinajstić information content (AvgIpc) is 2.66. The SMILES string of the molecule is CN1CCC2(CC[N+]3(CC2)CCS(=O)(=O)CC3)C1=O.[Cl-]. The van der Waals surface area contributed by atoms with Gasteiger partial charge in [0, 0.05) is 26.4 Å². The van der Waals surface area contributed by atoms with E-state index in [2.05, 4.69) is 0 Å². The number of amides is 1.